The molecule has 0 aromatic heterocycles. The molecule has 3 aromatic rings. The van der Waals surface area contributed by atoms with Crippen LogP contribution in [0.1, 0.15) is 61.0 Å². The van der Waals surface area contributed by atoms with Gasteiger partial charge in [0.15, 0.2) is 0 Å². The molecule has 3 atom stereocenters. The molecular weight excluding hydrogens is 694 g/mol. The van der Waals surface area contributed by atoms with E-state index in [0.29, 0.717) is 42.6 Å². The zero-order valence-corrected chi connectivity index (χ0v) is 29.5. The van der Waals surface area contributed by atoms with Gasteiger partial charge in [-0.15, -0.1) is 0 Å². The zero-order chi connectivity index (χ0) is 36.0. The number of aliphatic imine (C=N–C) groups is 1. The third kappa shape index (κ3) is 8.90. The van der Waals surface area contributed by atoms with Crippen LogP contribution in [0.4, 0.5) is 18.0 Å². The second-order valence-corrected chi connectivity index (χ2v) is 13.2. The fourth-order valence-corrected chi connectivity index (χ4v) is 6.55. The Labute approximate surface area is 299 Å². The van der Waals surface area contributed by atoms with E-state index in [2.05, 4.69) is 10.6 Å². The number of carbonyl (C=O) groups is 2. The molecule has 2 aliphatic heterocycles. The van der Waals surface area contributed by atoms with E-state index in [4.69, 9.17) is 37.7 Å². The van der Waals surface area contributed by atoms with E-state index < -0.39 is 23.8 Å². The number of nitrogens with one attached hydrogen (secondary N) is 2. The molecule has 0 saturated carbocycles. The monoisotopic (exact) mass is 733 g/mol. The van der Waals surface area contributed by atoms with Crippen molar-refractivity contribution in [1.29, 1.82) is 0 Å². The summed E-state index contributed by atoms with van der Waals surface area (Å²) in [6.07, 6.45) is -3.43. The summed E-state index contributed by atoms with van der Waals surface area (Å²) in [5, 5.41) is 7.19. The van der Waals surface area contributed by atoms with Crippen molar-refractivity contribution < 1.29 is 32.2 Å². The minimum atomic E-state index is -4.60. The average molecular weight is 735 g/mol. The summed E-state index contributed by atoms with van der Waals surface area (Å²) in [6, 6.07) is 15.6. The Bertz CT molecular complexity index is 1670. The number of piperidine rings is 1. The Morgan fingerprint density at radius 2 is 1.60 bits per heavy atom. The number of methoxy groups -OCH3 is 1. The fraction of sp³-hybridized carbons (Fsp3) is 0.417. The lowest BCUT2D eigenvalue weighted by atomic mass is 9.93. The Morgan fingerprint density at radius 1 is 0.980 bits per heavy atom. The third-order valence-electron chi connectivity index (χ3n) is 8.69. The second-order valence-electron chi connectivity index (χ2n) is 12.3. The summed E-state index contributed by atoms with van der Waals surface area (Å²) in [6.45, 7) is 4.93. The van der Waals surface area contributed by atoms with Crippen molar-refractivity contribution in [2.45, 2.75) is 57.0 Å². The number of amides is 3. The van der Waals surface area contributed by atoms with Crippen LogP contribution in [0.15, 0.2) is 71.7 Å². The molecule has 3 amide bonds. The molecule has 5 rings (SSSR count). The minimum Gasteiger partial charge on any atom is -0.493 e. The quantitative estimate of drug-likeness (QED) is 0.216. The second kappa shape index (κ2) is 16.5. The maximum atomic E-state index is 14.7. The number of likely N-dealkylation sites (tertiary alicyclic amines) is 1. The minimum absolute atomic E-state index is 0.00240. The largest absolute Gasteiger partial charge is 0.493 e. The lowest BCUT2D eigenvalue weighted by Crippen LogP contribution is -2.52. The molecule has 14 heteroatoms. The van der Waals surface area contributed by atoms with Crippen molar-refractivity contribution in [3.05, 3.63) is 99.0 Å². The van der Waals surface area contributed by atoms with E-state index >= 15 is 0 Å². The maximum absolute atomic E-state index is 14.7. The lowest BCUT2D eigenvalue weighted by molar-refractivity contribution is -0.137. The highest BCUT2D eigenvalue weighted by atomic mass is 35.5. The molecule has 3 unspecified atom stereocenters. The molecule has 1 fully saturated rings. The number of urea groups is 1. The first-order chi connectivity index (χ1) is 23.9. The van der Waals surface area contributed by atoms with Gasteiger partial charge in [-0.3, -0.25) is 14.7 Å². The van der Waals surface area contributed by atoms with Crippen LogP contribution in [0.5, 0.6) is 5.75 Å². The molecule has 1 saturated heterocycles. The van der Waals surface area contributed by atoms with Gasteiger partial charge in [-0.25, -0.2) is 4.79 Å². The van der Waals surface area contributed by atoms with E-state index in [9.17, 15) is 22.8 Å². The Kier molecular flexibility index (Phi) is 12.3. The number of rotatable bonds is 11. The van der Waals surface area contributed by atoms with Gasteiger partial charge in [0.25, 0.3) is 0 Å². The van der Waals surface area contributed by atoms with E-state index in [0.717, 1.165) is 23.3 Å². The Morgan fingerprint density at radius 3 is 2.18 bits per heavy atom. The number of ether oxygens (including phenoxy) is 2. The van der Waals surface area contributed by atoms with Crippen LogP contribution in [0, 0.1) is 0 Å². The zero-order valence-electron chi connectivity index (χ0n) is 28.0. The lowest BCUT2D eigenvalue weighted by Gasteiger charge is -2.38. The van der Waals surface area contributed by atoms with E-state index in [1.165, 1.54) is 6.07 Å². The molecule has 9 nitrogen and oxygen atoms in total. The highest BCUT2D eigenvalue weighted by molar-refractivity contribution is 6.30. The summed E-state index contributed by atoms with van der Waals surface area (Å²) in [4.78, 5) is 35.5. The van der Waals surface area contributed by atoms with Gasteiger partial charge in [0.2, 0.25) is 5.91 Å². The normalized spacial score (nSPS) is 18.9. The highest BCUT2D eigenvalue weighted by Gasteiger charge is 2.45. The van der Waals surface area contributed by atoms with Gasteiger partial charge < -0.3 is 25.0 Å². The molecule has 2 aliphatic rings. The predicted octanol–water partition coefficient (Wildman–Crippen LogP) is 7.28. The first-order valence-corrected chi connectivity index (χ1v) is 17.2. The molecule has 50 heavy (non-hydrogen) atoms. The molecule has 2 heterocycles. The van der Waals surface area contributed by atoms with Gasteiger partial charge >= 0.3 is 12.2 Å². The van der Waals surface area contributed by atoms with Crippen LogP contribution < -0.4 is 15.4 Å². The molecule has 0 bridgehead atoms. The summed E-state index contributed by atoms with van der Waals surface area (Å²) >= 11 is 12.5. The van der Waals surface area contributed by atoms with Crippen molar-refractivity contribution >= 4 is 41.0 Å². The van der Waals surface area contributed by atoms with Gasteiger partial charge in [0.1, 0.15) is 17.6 Å². The first-order valence-electron chi connectivity index (χ1n) is 16.4. The highest BCUT2D eigenvalue weighted by Crippen LogP contribution is 2.46. The van der Waals surface area contributed by atoms with Crippen LogP contribution in [0.2, 0.25) is 10.0 Å². The van der Waals surface area contributed by atoms with Crippen molar-refractivity contribution in [2.24, 2.45) is 4.99 Å². The number of benzene rings is 3. The van der Waals surface area contributed by atoms with Crippen molar-refractivity contribution in [3.8, 4) is 5.75 Å². The summed E-state index contributed by atoms with van der Waals surface area (Å²) in [7, 11) is 1.57. The molecule has 0 aliphatic carbocycles. The summed E-state index contributed by atoms with van der Waals surface area (Å²) in [5.41, 5.74) is 0.875. The fourth-order valence-electron chi connectivity index (χ4n) is 6.29. The number of carbonyl (C=O) groups excluding carboxylic acids is 2. The van der Waals surface area contributed by atoms with Gasteiger partial charge in [-0.1, -0.05) is 47.5 Å². The number of amidine groups is 1. The van der Waals surface area contributed by atoms with Crippen LogP contribution in [-0.4, -0.2) is 79.6 Å². The maximum Gasteiger partial charge on any atom is 0.416 e. The number of halogens is 5. The van der Waals surface area contributed by atoms with E-state index in [-0.39, 0.29) is 54.3 Å². The van der Waals surface area contributed by atoms with Crippen LogP contribution >= 0.6 is 23.2 Å². The van der Waals surface area contributed by atoms with Gasteiger partial charge in [-0.2, -0.15) is 13.2 Å². The van der Waals surface area contributed by atoms with Crippen LogP contribution in [-0.2, 0) is 15.7 Å². The standard InChI is InChI=1S/C36H40Cl2F3N5O4/c1-4-50-30-19-25(36(39,40)41)9-14-29(30)34-44-32(23-5-10-26(37)11-6-23)33(24-7-12-27(38)13-8-24)46(34)35(48)45-17-15-28(16-18-45)42-20-31(47)43-22(2)21-49-3/h5-14,19,22,28,32-33,42H,4,15-18,20-21H2,1-3H3,(H,43,47). The van der Waals surface area contributed by atoms with Gasteiger partial charge in [0.05, 0.1) is 36.9 Å². The molecule has 268 valence electrons. The predicted molar refractivity (Wildman–Crippen MR) is 187 cm³/mol. The smallest absolute Gasteiger partial charge is 0.416 e. The molecule has 0 radical (unpaired) electrons. The number of alkyl halides is 3. The molecule has 0 spiro atoms. The molecule has 2 N–H and O–H groups in total. The van der Waals surface area contributed by atoms with E-state index in [1.807, 2.05) is 31.2 Å². The molecule has 3 aromatic carbocycles. The number of nitrogens with zero attached hydrogens (tertiary/aromatic N) is 3. The summed E-state index contributed by atoms with van der Waals surface area (Å²) < 4.78 is 52.2. The van der Waals surface area contributed by atoms with Crippen LogP contribution in [0.25, 0.3) is 0 Å². The topological polar surface area (TPSA) is 95.5 Å². The van der Waals surface area contributed by atoms with Gasteiger partial charge in [-0.05, 0) is 80.3 Å². The average Bonchev–Trinajstić information content (AvgIpc) is 3.48. The number of hydrogen-bond acceptors (Lipinski definition) is 6. The Balaban J connectivity index is 1.49. The summed E-state index contributed by atoms with van der Waals surface area (Å²) in [5.74, 6) is 0.00679. The third-order valence-corrected chi connectivity index (χ3v) is 9.19. The van der Waals surface area contributed by atoms with Crippen molar-refractivity contribution in [1.82, 2.24) is 20.4 Å². The van der Waals surface area contributed by atoms with Crippen molar-refractivity contribution in [2.75, 3.05) is 40.0 Å². The Hall–Kier alpha value is -3.84. The van der Waals surface area contributed by atoms with Crippen LogP contribution in [0.3, 0.4) is 0 Å². The molecular formula is C36H40Cl2F3N5O4. The van der Waals surface area contributed by atoms with E-state index in [1.54, 1.807) is 48.1 Å². The number of hydrogen-bond donors (Lipinski definition) is 2. The first kappa shape index (κ1) is 37.4. The van der Waals surface area contributed by atoms with Crippen molar-refractivity contribution in [3.63, 3.8) is 0 Å². The van der Waals surface area contributed by atoms with Gasteiger partial charge in [0, 0.05) is 42.3 Å². The SMILES string of the molecule is CCOc1cc(C(F)(F)F)ccc1C1=NC(c2ccc(Cl)cc2)C(c2ccc(Cl)cc2)N1C(=O)N1CCC(NCC(=O)NC(C)COC)CC1.